The molecule has 0 aliphatic heterocycles. The Labute approximate surface area is 170 Å². The molecule has 1 aromatic heterocycles. The second-order valence-electron chi connectivity index (χ2n) is 8.61. The standard InChI is InChI=1S/C24H27N3O2/c28-23(25-16-24(29)12-4-1-5-13-24)22-11-10-19(20-6-2-3-7-21(20)22)17-14-26-27(15-17)18-8-9-18/h2-3,6-7,10-11,14-15,18,29H,1,4-5,8-9,12-13,16H2,(H,25,28). The fourth-order valence-electron chi connectivity index (χ4n) is 4.49. The van der Waals surface area contributed by atoms with Crippen LogP contribution < -0.4 is 5.32 Å². The average Bonchev–Trinajstić information content (AvgIpc) is 3.49. The summed E-state index contributed by atoms with van der Waals surface area (Å²) in [6.07, 6.45) is 11.2. The van der Waals surface area contributed by atoms with Gasteiger partial charge in [0.15, 0.2) is 0 Å². The molecular formula is C24H27N3O2. The second-order valence-corrected chi connectivity index (χ2v) is 8.61. The number of carbonyl (C=O) groups is 1. The molecule has 0 bridgehead atoms. The molecule has 2 aromatic carbocycles. The molecule has 2 fully saturated rings. The van der Waals surface area contributed by atoms with Crippen molar-refractivity contribution < 1.29 is 9.90 Å². The van der Waals surface area contributed by atoms with Gasteiger partial charge in [0, 0.05) is 23.9 Å². The maximum Gasteiger partial charge on any atom is 0.252 e. The maximum atomic E-state index is 13.0. The zero-order valence-electron chi connectivity index (χ0n) is 16.6. The van der Waals surface area contributed by atoms with Crippen molar-refractivity contribution in [2.45, 2.75) is 56.6 Å². The summed E-state index contributed by atoms with van der Waals surface area (Å²) in [5, 5.41) is 20.2. The van der Waals surface area contributed by atoms with Gasteiger partial charge in [-0.15, -0.1) is 0 Å². The highest BCUT2D eigenvalue weighted by Gasteiger charge is 2.30. The SMILES string of the molecule is O=C(NCC1(O)CCCCC1)c1ccc(-c2cnn(C3CC3)c2)c2ccccc12. The van der Waals surface area contributed by atoms with E-state index in [4.69, 9.17) is 0 Å². The van der Waals surface area contributed by atoms with Gasteiger partial charge in [-0.1, -0.05) is 49.6 Å². The van der Waals surface area contributed by atoms with Crippen molar-refractivity contribution in [3.63, 3.8) is 0 Å². The summed E-state index contributed by atoms with van der Waals surface area (Å²) in [5.41, 5.74) is 2.06. The van der Waals surface area contributed by atoms with Gasteiger partial charge in [-0.2, -0.15) is 5.10 Å². The van der Waals surface area contributed by atoms with Gasteiger partial charge in [0.05, 0.1) is 17.8 Å². The number of nitrogens with one attached hydrogen (secondary N) is 1. The van der Waals surface area contributed by atoms with Crippen LogP contribution in [0.3, 0.4) is 0 Å². The lowest BCUT2D eigenvalue weighted by Gasteiger charge is -2.32. The molecule has 2 saturated carbocycles. The lowest BCUT2D eigenvalue weighted by molar-refractivity contribution is 0.00527. The van der Waals surface area contributed by atoms with Gasteiger partial charge in [0.25, 0.3) is 5.91 Å². The summed E-state index contributed by atoms with van der Waals surface area (Å²) in [6.45, 7) is 0.316. The molecule has 0 saturated heterocycles. The summed E-state index contributed by atoms with van der Waals surface area (Å²) in [4.78, 5) is 13.0. The molecule has 1 heterocycles. The normalized spacial score (nSPS) is 18.7. The molecule has 5 rings (SSSR count). The van der Waals surface area contributed by atoms with Crippen molar-refractivity contribution in [3.05, 3.63) is 54.4 Å². The number of fused-ring (bicyclic) bond motifs is 1. The Kier molecular flexibility index (Phi) is 4.63. The van der Waals surface area contributed by atoms with Crippen LogP contribution in [-0.4, -0.2) is 32.9 Å². The monoisotopic (exact) mass is 389 g/mol. The number of amides is 1. The van der Waals surface area contributed by atoms with E-state index in [1.807, 2.05) is 36.5 Å². The van der Waals surface area contributed by atoms with Crippen molar-refractivity contribution in [1.82, 2.24) is 15.1 Å². The first-order valence-electron chi connectivity index (χ1n) is 10.7. The molecular weight excluding hydrogens is 362 g/mol. The number of hydrogen-bond acceptors (Lipinski definition) is 3. The maximum absolute atomic E-state index is 13.0. The van der Waals surface area contributed by atoms with E-state index in [9.17, 15) is 9.90 Å². The fourth-order valence-corrected chi connectivity index (χ4v) is 4.49. The van der Waals surface area contributed by atoms with Crippen LogP contribution in [0.25, 0.3) is 21.9 Å². The van der Waals surface area contributed by atoms with Gasteiger partial charge in [-0.25, -0.2) is 0 Å². The number of nitrogens with zero attached hydrogens (tertiary/aromatic N) is 2. The van der Waals surface area contributed by atoms with E-state index in [0.717, 1.165) is 47.6 Å². The number of carbonyl (C=O) groups excluding carboxylic acids is 1. The molecule has 29 heavy (non-hydrogen) atoms. The van der Waals surface area contributed by atoms with E-state index in [2.05, 4.69) is 27.4 Å². The molecule has 0 spiro atoms. The van der Waals surface area contributed by atoms with Crippen molar-refractivity contribution in [2.24, 2.45) is 0 Å². The predicted octanol–water partition coefficient (Wildman–Crippen LogP) is 4.46. The third-order valence-electron chi connectivity index (χ3n) is 6.36. The molecule has 2 N–H and O–H groups in total. The summed E-state index contributed by atoms with van der Waals surface area (Å²) in [6, 6.07) is 12.5. The average molecular weight is 389 g/mol. The van der Waals surface area contributed by atoms with Gasteiger partial charge in [0.1, 0.15) is 0 Å². The van der Waals surface area contributed by atoms with Crippen LogP contribution in [0.15, 0.2) is 48.8 Å². The summed E-state index contributed by atoms with van der Waals surface area (Å²) < 4.78 is 2.05. The minimum atomic E-state index is -0.763. The molecule has 5 nitrogen and oxygen atoms in total. The summed E-state index contributed by atoms with van der Waals surface area (Å²) in [5.74, 6) is -0.125. The Balaban J connectivity index is 1.43. The van der Waals surface area contributed by atoms with Crippen molar-refractivity contribution in [2.75, 3.05) is 6.54 Å². The zero-order valence-corrected chi connectivity index (χ0v) is 16.6. The first kappa shape index (κ1) is 18.4. The summed E-state index contributed by atoms with van der Waals surface area (Å²) >= 11 is 0. The van der Waals surface area contributed by atoms with Crippen molar-refractivity contribution in [1.29, 1.82) is 0 Å². The Morgan fingerprint density at radius 1 is 1.10 bits per heavy atom. The quantitative estimate of drug-likeness (QED) is 0.677. The summed E-state index contributed by atoms with van der Waals surface area (Å²) in [7, 11) is 0. The molecule has 0 atom stereocenters. The third kappa shape index (κ3) is 3.67. The molecule has 0 radical (unpaired) electrons. The Morgan fingerprint density at radius 3 is 2.62 bits per heavy atom. The molecule has 3 aromatic rings. The van der Waals surface area contributed by atoms with Gasteiger partial charge in [0.2, 0.25) is 0 Å². The first-order valence-corrected chi connectivity index (χ1v) is 10.7. The van der Waals surface area contributed by atoms with Crippen LogP contribution in [0.2, 0.25) is 0 Å². The number of aliphatic hydroxyl groups is 1. The van der Waals surface area contributed by atoms with Gasteiger partial charge < -0.3 is 10.4 Å². The minimum Gasteiger partial charge on any atom is -0.388 e. The number of benzene rings is 2. The number of rotatable bonds is 5. The highest BCUT2D eigenvalue weighted by atomic mass is 16.3. The smallest absolute Gasteiger partial charge is 0.252 e. The van der Waals surface area contributed by atoms with E-state index < -0.39 is 5.60 Å². The van der Waals surface area contributed by atoms with Gasteiger partial charge in [-0.3, -0.25) is 9.48 Å². The number of hydrogen-bond donors (Lipinski definition) is 2. The predicted molar refractivity (Wildman–Crippen MR) is 114 cm³/mol. The Morgan fingerprint density at radius 2 is 1.86 bits per heavy atom. The minimum absolute atomic E-state index is 0.125. The topological polar surface area (TPSA) is 67.2 Å². The molecule has 1 amide bonds. The van der Waals surface area contributed by atoms with Crippen LogP contribution >= 0.6 is 0 Å². The highest BCUT2D eigenvalue weighted by molar-refractivity contribution is 6.10. The van der Waals surface area contributed by atoms with Crippen LogP contribution in [0.5, 0.6) is 0 Å². The van der Waals surface area contributed by atoms with Crippen LogP contribution in [0.4, 0.5) is 0 Å². The van der Waals surface area contributed by atoms with Crippen LogP contribution in [0.1, 0.15) is 61.3 Å². The molecule has 2 aliphatic rings. The van der Waals surface area contributed by atoms with E-state index in [-0.39, 0.29) is 5.91 Å². The number of aromatic nitrogens is 2. The second kappa shape index (κ2) is 7.30. The molecule has 2 aliphatic carbocycles. The first-order chi connectivity index (χ1) is 14.1. The van der Waals surface area contributed by atoms with E-state index in [1.165, 1.54) is 19.3 Å². The Hall–Kier alpha value is -2.66. The van der Waals surface area contributed by atoms with Gasteiger partial charge >= 0.3 is 0 Å². The molecule has 0 unspecified atom stereocenters. The Bertz CT molecular complexity index is 1050. The van der Waals surface area contributed by atoms with E-state index in [1.54, 1.807) is 0 Å². The van der Waals surface area contributed by atoms with E-state index >= 15 is 0 Å². The van der Waals surface area contributed by atoms with Crippen LogP contribution in [-0.2, 0) is 0 Å². The fraction of sp³-hybridized carbons (Fsp3) is 0.417. The lowest BCUT2D eigenvalue weighted by Crippen LogP contribution is -2.44. The van der Waals surface area contributed by atoms with Crippen molar-refractivity contribution in [3.8, 4) is 11.1 Å². The zero-order chi connectivity index (χ0) is 19.8. The lowest BCUT2D eigenvalue weighted by atomic mass is 9.85. The van der Waals surface area contributed by atoms with Crippen LogP contribution in [0, 0.1) is 0 Å². The highest BCUT2D eigenvalue weighted by Crippen LogP contribution is 2.37. The van der Waals surface area contributed by atoms with Gasteiger partial charge in [-0.05, 0) is 48.1 Å². The largest absolute Gasteiger partial charge is 0.388 e. The third-order valence-corrected chi connectivity index (χ3v) is 6.36. The van der Waals surface area contributed by atoms with Crippen molar-refractivity contribution >= 4 is 16.7 Å². The molecule has 150 valence electrons. The molecule has 5 heteroatoms. The van der Waals surface area contributed by atoms with E-state index in [0.29, 0.717) is 18.2 Å².